The Bertz CT molecular complexity index is 111. The highest BCUT2D eigenvalue weighted by atomic mass is 16.5. The van der Waals surface area contributed by atoms with Crippen LogP contribution >= 0.6 is 0 Å². The minimum atomic E-state index is -0.245. The van der Waals surface area contributed by atoms with E-state index in [-0.39, 0.29) is 12.3 Å². The SMILES string of the molecule is CC(C)C(O)CC1NCCO1. The van der Waals surface area contributed by atoms with Gasteiger partial charge in [-0.15, -0.1) is 0 Å². The van der Waals surface area contributed by atoms with Crippen LogP contribution in [0.4, 0.5) is 0 Å². The number of hydrogen-bond acceptors (Lipinski definition) is 3. The average molecular weight is 159 g/mol. The molecule has 1 fully saturated rings. The van der Waals surface area contributed by atoms with Crippen LogP contribution in [0, 0.1) is 5.92 Å². The van der Waals surface area contributed by atoms with E-state index in [2.05, 4.69) is 5.32 Å². The smallest absolute Gasteiger partial charge is 0.110 e. The molecular formula is C8H17NO2. The molecule has 0 saturated carbocycles. The molecule has 0 aromatic rings. The molecular weight excluding hydrogens is 142 g/mol. The highest BCUT2D eigenvalue weighted by molar-refractivity contribution is 4.69. The lowest BCUT2D eigenvalue weighted by molar-refractivity contribution is 0.0275. The van der Waals surface area contributed by atoms with Crippen molar-refractivity contribution in [2.24, 2.45) is 5.92 Å². The Morgan fingerprint density at radius 2 is 2.36 bits per heavy atom. The molecule has 3 nitrogen and oxygen atoms in total. The lowest BCUT2D eigenvalue weighted by atomic mass is 10.0. The predicted octanol–water partition coefficient (Wildman–Crippen LogP) is 0.339. The molecule has 3 heteroatoms. The Balaban J connectivity index is 2.18. The van der Waals surface area contributed by atoms with E-state index < -0.39 is 0 Å². The maximum Gasteiger partial charge on any atom is 0.110 e. The van der Waals surface area contributed by atoms with Gasteiger partial charge in [-0.25, -0.2) is 0 Å². The van der Waals surface area contributed by atoms with Crippen molar-refractivity contribution in [3.8, 4) is 0 Å². The molecule has 11 heavy (non-hydrogen) atoms. The molecule has 66 valence electrons. The summed E-state index contributed by atoms with van der Waals surface area (Å²) in [6.45, 7) is 5.71. The second-order valence-corrected chi connectivity index (χ2v) is 3.36. The van der Waals surface area contributed by atoms with E-state index >= 15 is 0 Å². The molecule has 0 spiro atoms. The van der Waals surface area contributed by atoms with Gasteiger partial charge in [0.25, 0.3) is 0 Å². The van der Waals surface area contributed by atoms with Crippen molar-refractivity contribution in [1.29, 1.82) is 0 Å². The largest absolute Gasteiger partial charge is 0.393 e. The van der Waals surface area contributed by atoms with Crippen molar-refractivity contribution < 1.29 is 9.84 Å². The first-order valence-electron chi connectivity index (χ1n) is 4.23. The summed E-state index contributed by atoms with van der Waals surface area (Å²) in [4.78, 5) is 0. The summed E-state index contributed by atoms with van der Waals surface area (Å²) in [5.41, 5.74) is 0. The van der Waals surface area contributed by atoms with Crippen LogP contribution in [-0.2, 0) is 4.74 Å². The topological polar surface area (TPSA) is 41.5 Å². The quantitative estimate of drug-likeness (QED) is 0.624. The number of aliphatic hydroxyl groups excluding tert-OH is 1. The molecule has 1 aliphatic rings. The fourth-order valence-electron chi connectivity index (χ4n) is 1.12. The highest BCUT2D eigenvalue weighted by Gasteiger charge is 2.20. The van der Waals surface area contributed by atoms with Crippen LogP contribution in [0.5, 0.6) is 0 Å². The molecule has 0 aromatic carbocycles. The van der Waals surface area contributed by atoms with Crippen molar-refractivity contribution in [3.05, 3.63) is 0 Å². The number of rotatable bonds is 3. The van der Waals surface area contributed by atoms with Gasteiger partial charge in [-0.05, 0) is 5.92 Å². The summed E-state index contributed by atoms with van der Waals surface area (Å²) in [5.74, 6) is 0.320. The van der Waals surface area contributed by atoms with E-state index in [0.717, 1.165) is 13.2 Å². The van der Waals surface area contributed by atoms with Gasteiger partial charge >= 0.3 is 0 Å². The van der Waals surface area contributed by atoms with E-state index in [0.29, 0.717) is 12.3 Å². The first-order valence-corrected chi connectivity index (χ1v) is 4.23. The normalized spacial score (nSPS) is 27.8. The lowest BCUT2D eigenvalue weighted by Crippen LogP contribution is -2.30. The maximum atomic E-state index is 9.47. The second kappa shape index (κ2) is 4.04. The zero-order valence-corrected chi connectivity index (χ0v) is 7.21. The molecule has 2 unspecified atom stereocenters. The van der Waals surface area contributed by atoms with Gasteiger partial charge in [0.2, 0.25) is 0 Å². The standard InChI is InChI=1S/C8H17NO2/c1-6(2)7(10)5-8-9-3-4-11-8/h6-10H,3-5H2,1-2H3. The van der Waals surface area contributed by atoms with Crippen LogP contribution in [-0.4, -0.2) is 30.6 Å². The highest BCUT2D eigenvalue weighted by Crippen LogP contribution is 2.10. The summed E-state index contributed by atoms with van der Waals surface area (Å²) in [6, 6.07) is 0. The number of hydrogen-bond donors (Lipinski definition) is 2. The Hall–Kier alpha value is -0.120. The average Bonchev–Trinajstić information content (AvgIpc) is 2.39. The van der Waals surface area contributed by atoms with Gasteiger partial charge < -0.3 is 9.84 Å². The monoisotopic (exact) mass is 159 g/mol. The molecule has 1 aliphatic heterocycles. The third-order valence-corrected chi connectivity index (χ3v) is 2.02. The molecule has 2 atom stereocenters. The first kappa shape index (κ1) is 8.97. The van der Waals surface area contributed by atoms with Gasteiger partial charge in [-0.1, -0.05) is 13.8 Å². The van der Waals surface area contributed by atoms with Gasteiger partial charge in [-0.3, -0.25) is 5.32 Å². The Kier molecular flexibility index (Phi) is 3.30. The third-order valence-electron chi connectivity index (χ3n) is 2.02. The van der Waals surface area contributed by atoms with Crippen molar-refractivity contribution in [2.75, 3.05) is 13.2 Å². The van der Waals surface area contributed by atoms with Crippen LogP contribution in [0.15, 0.2) is 0 Å². The molecule has 0 radical (unpaired) electrons. The summed E-state index contributed by atoms with van der Waals surface area (Å²) in [7, 11) is 0. The Labute approximate surface area is 67.7 Å². The summed E-state index contributed by atoms with van der Waals surface area (Å²) in [5, 5.41) is 12.6. The summed E-state index contributed by atoms with van der Waals surface area (Å²) < 4.78 is 5.30. The number of nitrogens with one attached hydrogen (secondary N) is 1. The molecule has 0 aromatic heterocycles. The van der Waals surface area contributed by atoms with E-state index in [1.165, 1.54) is 0 Å². The zero-order valence-electron chi connectivity index (χ0n) is 7.21. The van der Waals surface area contributed by atoms with E-state index in [9.17, 15) is 5.11 Å². The molecule has 2 N–H and O–H groups in total. The lowest BCUT2D eigenvalue weighted by Gasteiger charge is -2.18. The number of ether oxygens (including phenoxy) is 1. The summed E-state index contributed by atoms with van der Waals surface area (Å²) >= 11 is 0. The molecule has 0 aliphatic carbocycles. The van der Waals surface area contributed by atoms with E-state index in [4.69, 9.17) is 4.74 Å². The molecule has 1 heterocycles. The van der Waals surface area contributed by atoms with Crippen LogP contribution in [0.2, 0.25) is 0 Å². The number of aliphatic hydroxyl groups is 1. The minimum Gasteiger partial charge on any atom is -0.393 e. The molecule has 1 rings (SSSR count). The van der Waals surface area contributed by atoms with Gasteiger partial charge in [0.05, 0.1) is 12.7 Å². The van der Waals surface area contributed by atoms with Crippen molar-refractivity contribution in [3.63, 3.8) is 0 Å². The van der Waals surface area contributed by atoms with Crippen molar-refractivity contribution >= 4 is 0 Å². The fourth-order valence-corrected chi connectivity index (χ4v) is 1.12. The van der Waals surface area contributed by atoms with Gasteiger partial charge in [-0.2, -0.15) is 0 Å². The van der Waals surface area contributed by atoms with E-state index in [1.54, 1.807) is 0 Å². The van der Waals surface area contributed by atoms with Crippen LogP contribution < -0.4 is 5.32 Å². The fraction of sp³-hybridized carbons (Fsp3) is 1.00. The van der Waals surface area contributed by atoms with Crippen molar-refractivity contribution in [2.45, 2.75) is 32.6 Å². The van der Waals surface area contributed by atoms with Crippen LogP contribution in [0.25, 0.3) is 0 Å². The van der Waals surface area contributed by atoms with Gasteiger partial charge in [0.15, 0.2) is 0 Å². The van der Waals surface area contributed by atoms with Gasteiger partial charge in [0.1, 0.15) is 6.23 Å². The molecule has 0 amide bonds. The zero-order chi connectivity index (χ0) is 8.27. The Morgan fingerprint density at radius 1 is 1.64 bits per heavy atom. The van der Waals surface area contributed by atoms with E-state index in [1.807, 2.05) is 13.8 Å². The third kappa shape index (κ3) is 2.77. The van der Waals surface area contributed by atoms with Crippen LogP contribution in [0.1, 0.15) is 20.3 Å². The molecule has 1 saturated heterocycles. The second-order valence-electron chi connectivity index (χ2n) is 3.36. The maximum absolute atomic E-state index is 9.47. The Morgan fingerprint density at radius 3 is 2.82 bits per heavy atom. The van der Waals surface area contributed by atoms with Gasteiger partial charge in [0, 0.05) is 13.0 Å². The van der Waals surface area contributed by atoms with Crippen LogP contribution in [0.3, 0.4) is 0 Å². The molecule has 0 bridgehead atoms. The first-order chi connectivity index (χ1) is 5.20. The summed E-state index contributed by atoms with van der Waals surface area (Å²) in [6.07, 6.45) is 0.537. The van der Waals surface area contributed by atoms with Crippen molar-refractivity contribution in [1.82, 2.24) is 5.32 Å². The predicted molar refractivity (Wildman–Crippen MR) is 43.2 cm³/mol. The minimum absolute atomic E-state index is 0.0763.